The summed E-state index contributed by atoms with van der Waals surface area (Å²) in [4.78, 5) is 12.9. The predicted octanol–water partition coefficient (Wildman–Crippen LogP) is 2.66. The van der Waals surface area contributed by atoms with Crippen molar-refractivity contribution in [2.24, 2.45) is 5.92 Å². The molecular formula is C11H16ClNOS. The molecule has 1 saturated heterocycles. The lowest BCUT2D eigenvalue weighted by molar-refractivity contribution is 0.0899. The second-order valence-electron chi connectivity index (χ2n) is 3.88. The SMILES string of the molecule is Cc1csc(C(=O)C2CCNCC2)c1.Cl. The molecule has 2 nitrogen and oxygen atoms in total. The number of hydrogen-bond donors (Lipinski definition) is 1. The Balaban J connectivity index is 0.00000112. The lowest BCUT2D eigenvalue weighted by Gasteiger charge is -2.20. The lowest BCUT2D eigenvalue weighted by atomic mass is 9.93. The molecular weight excluding hydrogens is 230 g/mol. The summed E-state index contributed by atoms with van der Waals surface area (Å²) in [5, 5.41) is 5.33. The fraction of sp³-hybridized carbons (Fsp3) is 0.545. The molecule has 0 aliphatic carbocycles. The highest BCUT2D eigenvalue weighted by Gasteiger charge is 2.22. The first-order valence-electron chi connectivity index (χ1n) is 5.07. The molecule has 0 amide bonds. The van der Waals surface area contributed by atoms with Crippen LogP contribution in [0.5, 0.6) is 0 Å². The van der Waals surface area contributed by atoms with Gasteiger partial charge in [0.05, 0.1) is 4.88 Å². The van der Waals surface area contributed by atoms with Gasteiger partial charge in [-0.05, 0) is 49.9 Å². The molecule has 15 heavy (non-hydrogen) atoms. The van der Waals surface area contributed by atoms with E-state index in [1.54, 1.807) is 11.3 Å². The number of aryl methyl sites for hydroxylation is 1. The summed E-state index contributed by atoms with van der Waals surface area (Å²) in [5.74, 6) is 0.610. The van der Waals surface area contributed by atoms with Crippen molar-refractivity contribution < 1.29 is 4.79 Å². The Bertz CT molecular complexity index is 331. The summed E-state index contributed by atoms with van der Waals surface area (Å²) in [7, 11) is 0. The molecule has 1 aliphatic heterocycles. The van der Waals surface area contributed by atoms with Crippen LogP contribution in [0.15, 0.2) is 11.4 Å². The third kappa shape index (κ3) is 3.03. The monoisotopic (exact) mass is 245 g/mol. The molecule has 2 rings (SSSR count). The van der Waals surface area contributed by atoms with Crippen LogP contribution in [0.4, 0.5) is 0 Å². The van der Waals surface area contributed by atoms with E-state index in [1.807, 2.05) is 18.4 Å². The van der Waals surface area contributed by atoms with E-state index in [1.165, 1.54) is 5.56 Å². The van der Waals surface area contributed by atoms with Gasteiger partial charge in [0.1, 0.15) is 0 Å². The van der Waals surface area contributed by atoms with Crippen molar-refractivity contribution in [2.75, 3.05) is 13.1 Å². The lowest BCUT2D eigenvalue weighted by Crippen LogP contribution is -2.31. The fourth-order valence-corrected chi connectivity index (χ4v) is 2.76. The van der Waals surface area contributed by atoms with Crippen LogP contribution in [0.2, 0.25) is 0 Å². The van der Waals surface area contributed by atoms with Gasteiger partial charge in [-0.2, -0.15) is 0 Å². The molecule has 0 atom stereocenters. The minimum Gasteiger partial charge on any atom is -0.317 e. The van der Waals surface area contributed by atoms with Crippen molar-refractivity contribution in [2.45, 2.75) is 19.8 Å². The van der Waals surface area contributed by atoms with Crippen molar-refractivity contribution in [3.8, 4) is 0 Å². The van der Waals surface area contributed by atoms with Gasteiger partial charge in [-0.1, -0.05) is 0 Å². The van der Waals surface area contributed by atoms with E-state index >= 15 is 0 Å². The minimum absolute atomic E-state index is 0. The molecule has 1 aliphatic rings. The van der Waals surface area contributed by atoms with Crippen LogP contribution >= 0.6 is 23.7 Å². The van der Waals surface area contributed by atoms with E-state index in [-0.39, 0.29) is 18.3 Å². The Hall–Kier alpha value is -0.380. The second-order valence-corrected chi connectivity index (χ2v) is 4.79. The van der Waals surface area contributed by atoms with Crippen LogP contribution in [-0.4, -0.2) is 18.9 Å². The molecule has 0 radical (unpaired) electrons. The number of piperidine rings is 1. The molecule has 84 valence electrons. The first-order valence-corrected chi connectivity index (χ1v) is 5.95. The topological polar surface area (TPSA) is 29.1 Å². The standard InChI is InChI=1S/C11H15NOS.ClH/c1-8-6-10(14-7-8)11(13)9-2-4-12-5-3-9;/h6-7,9,12H,2-5H2,1H3;1H. The summed E-state index contributed by atoms with van der Waals surface area (Å²) >= 11 is 1.58. The molecule has 0 saturated carbocycles. The van der Waals surface area contributed by atoms with E-state index in [9.17, 15) is 4.79 Å². The highest BCUT2D eigenvalue weighted by atomic mass is 35.5. The Morgan fingerprint density at radius 1 is 1.47 bits per heavy atom. The highest BCUT2D eigenvalue weighted by Crippen LogP contribution is 2.22. The van der Waals surface area contributed by atoms with Crippen molar-refractivity contribution in [1.29, 1.82) is 0 Å². The number of halogens is 1. The molecule has 0 bridgehead atoms. The Labute approximate surface area is 100 Å². The van der Waals surface area contributed by atoms with Crippen molar-refractivity contribution in [3.05, 3.63) is 21.9 Å². The van der Waals surface area contributed by atoms with E-state index < -0.39 is 0 Å². The molecule has 4 heteroatoms. The van der Waals surface area contributed by atoms with Crippen molar-refractivity contribution in [1.82, 2.24) is 5.32 Å². The number of nitrogens with one attached hydrogen (secondary N) is 1. The average Bonchev–Trinajstić information content (AvgIpc) is 2.65. The third-order valence-corrected chi connectivity index (χ3v) is 3.75. The van der Waals surface area contributed by atoms with Gasteiger partial charge in [0.25, 0.3) is 0 Å². The Kier molecular flexibility index (Phi) is 4.77. The largest absolute Gasteiger partial charge is 0.317 e. The van der Waals surface area contributed by atoms with Gasteiger partial charge in [0.2, 0.25) is 0 Å². The van der Waals surface area contributed by atoms with Crippen LogP contribution in [0, 0.1) is 12.8 Å². The van der Waals surface area contributed by atoms with Gasteiger partial charge in [-0.3, -0.25) is 4.79 Å². The maximum Gasteiger partial charge on any atom is 0.175 e. The summed E-state index contributed by atoms with van der Waals surface area (Å²) in [5.41, 5.74) is 1.20. The molecule has 0 aromatic carbocycles. The van der Waals surface area contributed by atoms with Gasteiger partial charge in [-0.25, -0.2) is 0 Å². The number of Topliss-reactive ketones (excluding diaryl/α,β-unsaturated/α-hetero) is 1. The quantitative estimate of drug-likeness (QED) is 0.812. The smallest absolute Gasteiger partial charge is 0.175 e. The first-order chi connectivity index (χ1) is 6.77. The van der Waals surface area contributed by atoms with Gasteiger partial charge >= 0.3 is 0 Å². The van der Waals surface area contributed by atoms with Crippen LogP contribution in [-0.2, 0) is 0 Å². The van der Waals surface area contributed by atoms with E-state index in [2.05, 4.69) is 5.32 Å². The molecule has 0 spiro atoms. The van der Waals surface area contributed by atoms with Crippen LogP contribution in [0.3, 0.4) is 0 Å². The molecule has 1 aromatic heterocycles. The zero-order valence-corrected chi connectivity index (χ0v) is 10.4. The third-order valence-electron chi connectivity index (χ3n) is 2.68. The van der Waals surface area contributed by atoms with Crippen molar-refractivity contribution in [3.63, 3.8) is 0 Å². The van der Waals surface area contributed by atoms with Crippen LogP contribution in [0.1, 0.15) is 28.1 Å². The molecule has 1 aromatic rings. The van der Waals surface area contributed by atoms with Gasteiger partial charge in [0.15, 0.2) is 5.78 Å². The fourth-order valence-electron chi connectivity index (χ4n) is 1.85. The van der Waals surface area contributed by atoms with E-state index in [4.69, 9.17) is 0 Å². The van der Waals surface area contributed by atoms with Gasteiger partial charge in [0, 0.05) is 5.92 Å². The Morgan fingerprint density at radius 3 is 2.67 bits per heavy atom. The number of ketones is 1. The van der Waals surface area contributed by atoms with Crippen molar-refractivity contribution >= 4 is 29.5 Å². The maximum atomic E-state index is 12.0. The number of rotatable bonds is 2. The van der Waals surface area contributed by atoms with Gasteiger partial charge < -0.3 is 5.32 Å². The zero-order chi connectivity index (χ0) is 9.97. The molecule has 2 heterocycles. The van der Waals surface area contributed by atoms with Gasteiger partial charge in [-0.15, -0.1) is 23.7 Å². The normalized spacial score (nSPS) is 17.1. The maximum absolute atomic E-state index is 12.0. The molecule has 1 N–H and O–H groups in total. The predicted molar refractivity (Wildman–Crippen MR) is 66.2 cm³/mol. The van der Waals surface area contributed by atoms with Crippen LogP contribution < -0.4 is 5.32 Å². The molecule has 1 fully saturated rings. The average molecular weight is 246 g/mol. The Morgan fingerprint density at radius 2 is 2.13 bits per heavy atom. The number of carbonyl (C=O) groups excluding carboxylic acids is 1. The second kappa shape index (κ2) is 5.64. The summed E-state index contributed by atoms with van der Waals surface area (Å²) < 4.78 is 0. The highest BCUT2D eigenvalue weighted by molar-refractivity contribution is 7.12. The first kappa shape index (κ1) is 12.7. The van der Waals surface area contributed by atoms with E-state index in [0.717, 1.165) is 30.8 Å². The van der Waals surface area contributed by atoms with E-state index in [0.29, 0.717) is 5.78 Å². The summed E-state index contributed by atoms with van der Waals surface area (Å²) in [6.45, 7) is 4.01. The summed E-state index contributed by atoms with van der Waals surface area (Å²) in [6.07, 6.45) is 1.99. The molecule has 0 unspecified atom stereocenters. The number of thiophene rings is 1. The minimum atomic E-state index is 0. The summed E-state index contributed by atoms with van der Waals surface area (Å²) in [6, 6.07) is 2.01. The number of hydrogen-bond acceptors (Lipinski definition) is 3. The zero-order valence-electron chi connectivity index (χ0n) is 8.79. The number of carbonyl (C=O) groups is 1. The van der Waals surface area contributed by atoms with Crippen LogP contribution in [0.25, 0.3) is 0 Å².